The number of aryl methyl sites for hydroxylation is 2. The minimum Gasteiger partial charge on any atom is -0.507 e. The Hall–Kier alpha value is -4.59. The van der Waals surface area contributed by atoms with Crippen LogP contribution in [0.5, 0.6) is 11.5 Å². The average Bonchev–Trinajstić information content (AvgIpc) is 3.41. The predicted octanol–water partition coefficient (Wildman–Crippen LogP) is 5.60. The summed E-state index contributed by atoms with van der Waals surface area (Å²) < 4.78 is 11.1. The highest BCUT2D eigenvalue weighted by molar-refractivity contribution is 6.51. The molecular weight excluding hydrogens is 482 g/mol. The number of fused-ring (bicyclic) bond motifs is 1. The van der Waals surface area contributed by atoms with Crippen molar-refractivity contribution in [3.05, 3.63) is 88.5 Å². The molecule has 8 heteroatoms. The van der Waals surface area contributed by atoms with E-state index in [1.807, 2.05) is 45.9 Å². The lowest BCUT2D eigenvalue weighted by molar-refractivity contribution is -0.132. The van der Waals surface area contributed by atoms with Crippen LogP contribution in [-0.2, 0) is 9.59 Å². The van der Waals surface area contributed by atoms with Gasteiger partial charge in [-0.25, -0.2) is 4.98 Å². The molecule has 3 aromatic carbocycles. The van der Waals surface area contributed by atoms with Crippen molar-refractivity contribution in [3.8, 4) is 11.5 Å². The van der Waals surface area contributed by atoms with Crippen LogP contribution in [0.4, 0.5) is 5.95 Å². The first-order chi connectivity index (χ1) is 18.2. The molecule has 0 spiro atoms. The molecule has 5 rings (SSSR count). The number of hydrogen-bond acceptors (Lipinski definition) is 6. The van der Waals surface area contributed by atoms with E-state index in [1.54, 1.807) is 49.6 Å². The molecule has 0 aliphatic carbocycles. The highest BCUT2D eigenvalue weighted by Gasteiger charge is 2.48. The number of carbonyl (C=O) groups excluding carboxylic acids is 2. The van der Waals surface area contributed by atoms with Crippen LogP contribution in [0.3, 0.4) is 0 Å². The number of ether oxygens (including phenoxy) is 2. The maximum atomic E-state index is 13.5. The highest BCUT2D eigenvalue weighted by Crippen LogP contribution is 2.42. The Bertz CT molecular complexity index is 1580. The van der Waals surface area contributed by atoms with Crippen LogP contribution in [-0.4, -0.2) is 40.0 Å². The number of ketones is 1. The molecule has 0 saturated carbocycles. The minimum atomic E-state index is -0.910. The summed E-state index contributed by atoms with van der Waals surface area (Å²) in [4.78, 5) is 36.1. The van der Waals surface area contributed by atoms with Crippen LogP contribution < -0.4 is 14.4 Å². The van der Waals surface area contributed by atoms with Crippen LogP contribution in [0, 0.1) is 13.8 Å². The Kier molecular flexibility index (Phi) is 6.40. The summed E-state index contributed by atoms with van der Waals surface area (Å²) in [7, 11) is 1.56. The van der Waals surface area contributed by atoms with Crippen molar-refractivity contribution < 1.29 is 24.2 Å². The van der Waals surface area contributed by atoms with Crippen LogP contribution in [0.2, 0.25) is 0 Å². The fraction of sp³-hybridized carbons (Fsp3) is 0.233. The highest BCUT2D eigenvalue weighted by atomic mass is 16.5. The summed E-state index contributed by atoms with van der Waals surface area (Å²) >= 11 is 0. The number of benzene rings is 3. The summed E-state index contributed by atoms with van der Waals surface area (Å²) in [6, 6.07) is 17.1. The number of aromatic nitrogens is 2. The largest absolute Gasteiger partial charge is 0.507 e. The first-order valence-electron chi connectivity index (χ1n) is 12.4. The fourth-order valence-electron chi connectivity index (χ4n) is 4.77. The second-order valence-electron chi connectivity index (χ2n) is 9.67. The van der Waals surface area contributed by atoms with Crippen molar-refractivity contribution >= 4 is 34.4 Å². The van der Waals surface area contributed by atoms with Gasteiger partial charge >= 0.3 is 5.91 Å². The van der Waals surface area contributed by atoms with Crippen molar-refractivity contribution in [1.29, 1.82) is 0 Å². The summed E-state index contributed by atoms with van der Waals surface area (Å²) in [5.41, 5.74) is 4.24. The first-order valence-corrected chi connectivity index (χ1v) is 12.4. The number of Topliss-reactive ketones (excluding diaryl/α,β-unsaturated/α-hetero) is 1. The Morgan fingerprint density at radius 3 is 2.42 bits per heavy atom. The summed E-state index contributed by atoms with van der Waals surface area (Å²) in [5.74, 6) is -0.302. The smallest absolute Gasteiger partial charge is 0.302 e. The predicted molar refractivity (Wildman–Crippen MR) is 146 cm³/mol. The number of methoxy groups -OCH3 is 1. The molecule has 38 heavy (non-hydrogen) atoms. The zero-order valence-corrected chi connectivity index (χ0v) is 21.9. The number of aliphatic hydroxyl groups is 1. The van der Waals surface area contributed by atoms with E-state index in [-0.39, 0.29) is 23.4 Å². The van der Waals surface area contributed by atoms with Gasteiger partial charge in [0.2, 0.25) is 5.95 Å². The molecule has 1 aromatic heterocycles. The van der Waals surface area contributed by atoms with Crippen LogP contribution >= 0.6 is 0 Å². The number of nitrogens with zero attached hydrogens (tertiary/aromatic N) is 2. The number of amides is 1. The topological polar surface area (TPSA) is 105 Å². The zero-order valence-electron chi connectivity index (χ0n) is 21.9. The number of imidazole rings is 1. The van der Waals surface area contributed by atoms with Gasteiger partial charge in [0.15, 0.2) is 0 Å². The van der Waals surface area contributed by atoms with Crippen molar-refractivity contribution in [2.24, 2.45) is 0 Å². The molecule has 1 aliphatic rings. The molecule has 1 saturated heterocycles. The van der Waals surface area contributed by atoms with Gasteiger partial charge in [0.05, 0.1) is 35.9 Å². The number of carbonyl (C=O) groups is 2. The Labute approximate surface area is 220 Å². The first kappa shape index (κ1) is 25.1. The van der Waals surface area contributed by atoms with Crippen molar-refractivity contribution in [3.63, 3.8) is 0 Å². The third-order valence-electron chi connectivity index (χ3n) is 6.53. The number of rotatable bonds is 6. The van der Waals surface area contributed by atoms with Gasteiger partial charge in [-0.2, -0.15) is 0 Å². The molecule has 2 heterocycles. The van der Waals surface area contributed by atoms with Gasteiger partial charge in [-0.3, -0.25) is 14.5 Å². The molecule has 8 nitrogen and oxygen atoms in total. The minimum absolute atomic E-state index is 0.0104. The van der Waals surface area contributed by atoms with Gasteiger partial charge in [0.1, 0.15) is 17.3 Å². The van der Waals surface area contributed by atoms with Gasteiger partial charge in [-0.05, 0) is 86.8 Å². The number of hydrogen-bond donors (Lipinski definition) is 2. The zero-order chi connectivity index (χ0) is 27.1. The maximum absolute atomic E-state index is 13.5. The molecule has 1 atom stereocenters. The lowest BCUT2D eigenvalue weighted by Crippen LogP contribution is -2.30. The van der Waals surface area contributed by atoms with E-state index >= 15 is 0 Å². The third kappa shape index (κ3) is 4.38. The van der Waals surface area contributed by atoms with Crippen molar-refractivity contribution in [2.45, 2.75) is 39.8 Å². The van der Waals surface area contributed by atoms with E-state index in [0.29, 0.717) is 28.1 Å². The molecule has 1 unspecified atom stereocenters. The van der Waals surface area contributed by atoms with Gasteiger partial charge < -0.3 is 19.6 Å². The normalized spacial score (nSPS) is 17.0. The van der Waals surface area contributed by atoms with Crippen molar-refractivity contribution in [2.75, 3.05) is 12.0 Å². The molecule has 1 fully saturated rings. The van der Waals surface area contributed by atoms with Crippen molar-refractivity contribution in [1.82, 2.24) is 9.97 Å². The lowest BCUT2D eigenvalue weighted by Gasteiger charge is -2.23. The SMILES string of the molecule is COc1ccc(/C(O)=C2\C(=O)C(=O)N(c3nc4ccc(C)cc4[nH]3)C2c2ccc(OC(C)C)cc2)cc1C. The van der Waals surface area contributed by atoms with Crippen LogP contribution in [0.15, 0.2) is 66.2 Å². The number of aromatic amines is 1. The standard InChI is InChI=1S/C30H29N3O5/c1-16(2)38-21-10-7-19(8-11-21)26-25(27(34)20-9-13-24(37-5)18(4)15-20)28(35)29(36)33(26)30-31-22-12-6-17(3)14-23(22)32-30/h6-16,26,34H,1-5H3,(H,31,32)/b27-25+. The second kappa shape index (κ2) is 9.70. The number of aliphatic hydroxyl groups excluding tert-OH is 1. The molecule has 194 valence electrons. The van der Waals surface area contributed by atoms with Gasteiger partial charge in [-0.15, -0.1) is 0 Å². The third-order valence-corrected chi connectivity index (χ3v) is 6.53. The molecular formula is C30H29N3O5. The monoisotopic (exact) mass is 511 g/mol. The van der Waals surface area contributed by atoms with E-state index in [1.165, 1.54) is 4.90 Å². The molecule has 2 N–H and O–H groups in total. The Balaban J connectivity index is 1.69. The Morgan fingerprint density at radius 1 is 1.03 bits per heavy atom. The van der Waals surface area contributed by atoms with E-state index in [0.717, 1.165) is 16.6 Å². The van der Waals surface area contributed by atoms with E-state index < -0.39 is 17.7 Å². The van der Waals surface area contributed by atoms with E-state index in [9.17, 15) is 14.7 Å². The number of H-pyrrole nitrogens is 1. The van der Waals surface area contributed by atoms with E-state index in [2.05, 4.69) is 9.97 Å². The summed E-state index contributed by atoms with van der Waals surface area (Å²) in [5, 5.41) is 11.4. The maximum Gasteiger partial charge on any atom is 0.302 e. The van der Waals surface area contributed by atoms with Gasteiger partial charge in [0.25, 0.3) is 5.78 Å². The van der Waals surface area contributed by atoms with Gasteiger partial charge in [-0.1, -0.05) is 18.2 Å². The Morgan fingerprint density at radius 2 is 1.76 bits per heavy atom. The molecule has 1 amide bonds. The molecule has 4 aromatic rings. The summed E-state index contributed by atoms with van der Waals surface area (Å²) in [6.45, 7) is 7.67. The van der Waals surface area contributed by atoms with Crippen LogP contribution in [0.1, 0.15) is 42.1 Å². The van der Waals surface area contributed by atoms with Gasteiger partial charge in [0, 0.05) is 5.56 Å². The quantitative estimate of drug-likeness (QED) is 0.198. The summed E-state index contributed by atoms with van der Waals surface area (Å²) in [6.07, 6.45) is -0.0104. The van der Waals surface area contributed by atoms with Crippen LogP contribution in [0.25, 0.3) is 16.8 Å². The molecule has 1 aliphatic heterocycles. The fourth-order valence-corrected chi connectivity index (χ4v) is 4.77. The average molecular weight is 512 g/mol. The molecule has 0 bridgehead atoms. The van der Waals surface area contributed by atoms with E-state index in [4.69, 9.17) is 9.47 Å². The molecule has 0 radical (unpaired) electrons. The second-order valence-corrected chi connectivity index (χ2v) is 9.67. The lowest BCUT2D eigenvalue weighted by atomic mass is 9.95. The number of nitrogens with one attached hydrogen (secondary N) is 1. The number of anilines is 1.